The number of nitrogens with one attached hydrogen (secondary N) is 1. The maximum atomic E-state index is 4.41. The van der Waals surface area contributed by atoms with Crippen LogP contribution in [0, 0.1) is 0 Å². The molecule has 0 amide bonds. The predicted molar refractivity (Wildman–Crippen MR) is 65.7 cm³/mol. The van der Waals surface area contributed by atoms with Crippen molar-refractivity contribution in [3.05, 3.63) is 16.5 Å². The minimum absolute atomic E-state index is 0.871. The third-order valence-electron chi connectivity index (χ3n) is 1.57. The second kappa shape index (κ2) is 6.24. The highest BCUT2D eigenvalue weighted by Crippen LogP contribution is 2.19. The van der Waals surface area contributed by atoms with Gasteiger partial charge in [0.25, 0.3) is 0 Å². The average molecular weight is 276 g/mol. The van der Waals surface area contributed by atoms with Crippen molar-refractivity contribution in [1.82, 2.24) is 9.97 Å². The lowest BCUT2D eigenvalue weighted by Crippen LogP contribution is -2.03. The first-order valence-electron chi connectivity index (χ1n) is 4.61. The van der Waals surface area contributed by atoms with E-state index < -0.39 is 0 Å². The van der Waals surface area contributed by atoms with Gasteiger partial charge in [0.15, 0.2) is 0 Å². The lowest BCUT2D eigenvalue weighted by atomic mass is 10.5. The van der Waals surface area contributed by atoms with Crippen LogP contribution < -0.4 is 5.32 Å². The topological polar surface area (TPSA) is 37.8 Å². The Morgan fingerprint density at radius 3 is 2.93 bits per heavy atom. The van der Waals surface area contributed by atoms with Crippen LogP contribution >= 0.6 is 27.7 Å². The number of aromatic nitrogens is 2. The molecule has 1 N–H and O–H groups in total. The van der Waals surface area contributed by atoms with Crippen molar-refractivity contribution in [2.75, 3.05) is 17.6 Å². The van der Waals surface area contributed by atoms with Gasteiger partial charge in [-0.1, -0.05) is 6.92 Å². The number of hydrogen-bond donors (Lipinski definition) is 1. The average Bonchev–Trinajstić information content (AvgIpc) is 2.19. The highest BCUT2D eigenvalue weighted by molar-refractivity contribution is 9.10. The fourth-order valence-electron chi connectivity index (χ4n) is 0.958. The third kappa shape index (κ3) is 3.46. The van der Waals surface area contributed by atoms with Crippen LogP contribution in [0.3, 0.4) is 0 Å². The summed E-state index contributed by atoms with van der Waals surface area (Å²) in [6.45, 7) is 5.06. The molecule has 0 radical (unpaired) electrons. The minimum Gasteiger partial charge on any atom is -0.369 e. The van der Waals surface area contributed by atoms with Gasteiger partial charge < -0.3 is 5.32 Å². The van der Waals surface area contributed by atoms with E-state index in [9.17, 15) is 0 Å². The molecule has 0 saturated heterocycles. The zero-order valence-electron chi connectivity index (χ0n) is 8.38. The molecule has 0 saturated carbocycles. The Morgan fingerprint density at radius 1 is 1.50 bits per heavy atom. The molecular weight excluding hydrogens is 262 g/mol. The molecule has 78 valence electrons. The fourth-order valence-corrected chi connectivity index (χ4v) is 1.81. The second-order valence-corrected chi connectivity index (χ2v) is 4.78. The number of anilines is 1. The quantitative estimate of drug-likeness (QED) is 0.897. The van der Waals surface area contributed by atoms with Crippen LogP contribution in [0.15, 0.2) is 10.7 Å². The highest BCUT2D eigenvalue weighted by atomic mass is 79.9. The van der Waals surface area contributed by atoms with Crippen LogP contribution in [0.4, 0.5) is 5.82 Å². The van der Waals surface area contributed by atoms with Gasteiger partial charge in [0.1, 0.15) is 11.6 Å². The molecule has 1 rings (SSSR count). The lowest BCUT2D eigenvalue weighted by molar-refractivity contribution is 1.01. The van der Waals surface area contributed by atoms with E-state index in [-0.39, 0.29) is 0 Å². The molecule has 1 aromatic heterocycles. The first kappa shape index (κ1) is 11.8. The highest BCUT2D eigenvalue weighted by Gasteiger charge is 2.03. The smallest absolute Gasteiger partial charge is 0.144 e. The van der Waals surface area contributed by atoms with E-state index in [1.165, 1.54) is 0 Å². The number of rotatable bonds is 5. The Hall–Kier alpha value is -0.290. The zero-order valence-corrected chi connectivity index (χ0v) is 10.8. The minimum atomic E-state index is 0.871. The Balaban J connectivity index is 2.72. The molecule has 0 atom stereocenters. The molecule has 0 aliphatic rings. The standard InChI is InChI=1S/C9H14BrN3S/c1-3-11-9-7(10)5-12-8(13-9)6-14-4-2/h5H,3-4,6H2,1-2H3,(H,11,12,13). The molecule has 0 spiro atoms. The maximum Gasteiger partial charge on any atom is 0.144 e. The van der Waals surface area contributed by atoms with E-state index in [4.69, 9.17) is 0 Å². The van der Waals surface area contributed by atoms with Crippen molar-refractivity contribution in [3.8, 4) is 0 Å². The van der Waals surface area contributed by atoms with Crippen molar-refractivity contribution in [2.24, 2.45) is 0 Å². The van der Waals surface area contributed by atoms with E-state index >= 15 is 0 Å². The van der Waals surface area contributed by atoms with Crippen LogP contribution in [-0.2, 0) is 5.75 Å². The SMILES string of the molecule is CCNc1nc(CSCC)ncc1Br. The zero-order chi connectivity index (χ0) is 10.4. The second-order valence-electron chi connectivity index (χ2n) is 2.65. The molecule has 0 bridgehead atoms. The van der Waals surface area contributed by atoms with Crippen LogP contribution in [-0.4, -0.2) is 22.3 Å². The molecule has 5 heteroatoms. The van der Waals surface area contributed by atoms with Crippen molar-refractivity contribution in [3.63, 3.8) is 0 Å². The molecule has 0 unspecified atom stereocenters. The van der Waals surface area contributed by atoms with Gasteiger partial charge in [-0.3, -0.25) is 0 Å². The van der Waals surface area contributed by atoms with Crippen molar-refractivity contribution < 1.29 is 0 Å². The fraction of sp³-hybridized carbons (Fsp3) is 0.556. The van der Waals surface area contributed by atoms with E-state index in [1.807, 2.05) is 11.8 Å². The summed E-state index contributed by atoms with van der Waals surface area (Å²) in [5.41, 5.74) is 0. The molecule has 0 aromatic carbocycles. The Morgan fingerprint density at radius 2 is 2.29 bits per heavy atom. The predicted octanol–water partition coefficient (Wildman–Crippen LogP) is 2.92. The van der Waals surface area contributed by atoms with E-state index in [0.29, 0.717) is 0 Å². The van der Waals surface area contributed by atoms with Gasteiger partial charge >= 0.3 is 0 Å². The van der Waals surface area contributed by atoms with Gasteiger partial charge in [0, 0.05) is 12.7 Å². The molecule has 1 heterocycles. The van der Waals surface area contributed by atoms with Crippen LogP contribution in [0.25, 0.3) is 0 Å². The largest absolute Gasteiger partial charge is 0.369 e. The lowest BCUT2D eigenvalue weighted by Gasteiger charge is -2.06. The van der Waals surface area contributed by atoms with E-state index in [1.54, 1.807) is 6.20 Å². The molecule has 0 fully saturated rings. The number of halogens is 1. The normalized spacial score (nSPS) is 10.2. The summed E-state index contributed by atoms with van der Waals surface area (Å²) in [5, 5.41) is 3.19. The van der Waals surface area contributed by atoms with Crippen molar-refractivity contribution in [1.29, 1.82) is 0 Å². The molecule has 14 heavy (non-hydrogen) atoms. The van der Waals surface area contributed by atoms with Gasteiger partial charge in [-0.15, -0.1) is 0 Å². The number of nitrogens with zero attached hydrogens (tertiary/aromatic N) is 2. The Labute approximate surface area is 97.2 Å². The first-order chi connectivity index (χ1) is 6.77. The van der Waals surface area contributed by atoms with Crippen LogP contribution in [0.5, 0.6) is 0 Å². The summed E-state index contributed by atoms with van der Waals surface area (Å²) in [4.78, 5) is 8.65. The van der Waals surface area contributed by atoms with Gasteiger partial charge in [-0.05, 0) is 28.6 Å². The summed E-state index contributed by atoms with van der Waals surface area (Å²) in [5.74, 6) is 3.74. The summed E-state index contributed by atoms with van der Waals surface area (Å²) >= 11 is 5.23. The summed E-state index contributed by atoms with van der Waals surface area (Å²) in [6, 6.07) is 0. The number of hydrogen-bond acceptors (Lipinski definition) is 4. The molecule has 0 aliphatic carbocycles. The molecule has 1 aromatic rings. The van der Waals surface area contributed by atoms with E-state index in [2.05, 4.69) is 45.1 Å². The van der Waals surface area contributed by atoms with Gasteiger partial charge in [0.05, 0.1) is 10.2 Å². The monoisotopic (exact) mass is 275 g/mol. The third-order valence-corrected chi connectivity index (χ3v) is 3.02. The van der Waals surface area contributed by atoms with Crippen LogP contribution in [0.2, 0.25) is 0 Å². The van der Waals surface area contributed by atoms with Crippen molar-refractivity contribution in [2.45, 2.75) is 19.6 Å². The summed E-state index contributed by atoms with van der Waals surface area (Å²) < 4.78 is 0.921. The van der Waals surface area contributed by atoms with Crippen molar-refractivity contribution >= 4 is 33.5 Å². The number of thioether (sulfide) groups is 1. The molecule has 0 aliphatic heterocycles. The first-order valence-corrected chi connectivity index (χ1v) is 6.55. The van der Waals surface area contributed by atoms with Gasteiger partial charge in [-0.2, -0.15) is 11.8 Å². The molecular formula is C9H14BrN3S. The Kier molecular flexibility index (Phi) is 5.25. The maximum absolute atomic E-state index is 4.41. The van der Waals surface area contributed by atoms with Gasteiger partial charge in [-0.25, -0.2) is 9.97 Å². The van der Waals surface area contributed by atoms with Crippen LogP contribution in [0.1, 0.15) is 19.7 Å². The molecule has 3 nitrogen and oxygen atoms in total. The summed E-state index contributed by atoms with van der Waals surface area (Å²) in [7, 11) is 0. The van der Waals surface area contributed by atoms with Gasteiger partial charge in [0.2, 0.25) is 0 Å². The Bertz CT molecular complexity index is 293. The summed E-state index contributed by atoms with van der Waals surface area (Å²) in [6.07, 6.45) is 1.80. The van der Waals surface area contributed by atoms with E-state index in [0.717, 1.165) is 34.2 Å².